The summed E-state index contributed by atoms with van der Waals surface area (Å²) in [6.45, 7) is 8.79. The molecule has 0 N–H and O–H groups in total. The van der Waals surface area contributed by atoms with E-state index in [1.54, 1.807) is 13.0 Å². The van der Waals surface area contributed by atoms with Crippen LogP contribution in [0.3, 0.4) is 0 Å². The fraction of sp³-hybridized carbons (Fsp3) is 0.690. The molecule has 0 saturated heterocycles. The zero-order valence-electron chi connectivity index (χ0n) is 22.9. The maximum absolute atomic E-state index is 13.9. The molecule has 3 fully saturated rings. The standard InChI is InChI=1S/C29H38O9/c1-6-35-26(34)38-29(23(32)16-37-25(33)36-15-17(2)3)12-10-21-20-8-7-18-13-19(30)9-11-27(18,4)24(20)22(31)14-28(21,29)5/h9,11,13,17,20-21,24H,6-8,10,12,14-16H2,1-5H3/t20-,21-,24+,27-,28-,29-/m0/s1. The molecule has 9 nitrogen and oxygen atoms in total. The maximum atomic E-state index is 13.9. The molecule has 0 aromatic carbocycles. The second kappa shape index (κ2) is 10.3. The van der Waals surface area contributed by atoms with Crippen LogP contribution in [0.15, 0.2) is 23.8 Å². The summed E-state index contributed by atoms with van der Waals surface area (Å²) in [5.74, 6) is -1.07. The Labute approximate surface area is 223 Å². The summed E-state index contributed by atoms with van der Waals surface area (Å²) in [6, 6.07) is 0. The van der Waals surface area contributed by atoms with Crippen LogP contribution in [0.25, 0.3) is 0 Å². The van der Waals surface area contributed by atoms with E-state index in [0.717, 1.165) is 5.57 Å². The van der Waals surface area contributed by atoms with Crippen LogP contribution < -0.4 is 0 Å². The van der Waals surface area contributed by atoms with Crippen LogP contribution in [0.4, 0.5) is 9.59 Å². The first kappa shape index (κ1) is 28.0. The topological polar surface area (TPSA) is 122 Å². The van der Waals surface area contributed by atoms with Gasteiger partial charge >= 0.3 is 12.3 Å². The molecule has 0 unspecified atom stereocenters. The van der Waals surface area contributed by atoms with Crippen LogP contribution in [0.2, 0.25) is 0 Å². The minimum Gasteiger partial charge on any atom is -0.435 e. The highest BCUT2D eigenvalue weighted by molar-refractivity contribution is 6.02. The van der Waals surface area contributed by atoms with E-state index in [1.165, 1.54) is 6.08 Å². The first-order chi connectivity index (χ1) is 17.9. The number of fused-ring (bicyclic) bond motifs is 5. The summed E-state index contributed by atoms with van der Waals surface area (Å²) in [5.41, 5.74) is -2.28. The van der Waals surface area contributed by atoms with Gasteiger partial charge in [-0.1, -0.05) is 39.3 Å². The highest BCUT2D eigenvalue weighted by atomic mass is 16.7. The summed E-state index contributed by atoms with van der Waals surface area (Å²) in [5, 5.41) is 0. The van der Waals surface area contributed by atoms with Crippen molar-refractivity contribution in [3.8, 4) is 0 Å². The van der Waals surface area contributed by atoms with Gasteiger partial charge in [0.05, 0.1) is 13.2 Å². The van der Waals surface area contributed by atoms with E-state index < -0.39 is 41.1 Å². The van der Waals surface area contributed by atoms with Crippen molar-refractivity contribution in [2.75, 3.05) is 19.8 Å². The average Bonchev–Trinajstić information content (AvgIpc) is 3.13. The van der Waals surface area contributed by atoms with Gasteiger partial charge in [-0.2, -0.15) is 0 Å². The SMILES string of the molecule is CCOC(=O)O[C@]1(C(=O)COC(=O)OCC(C)C)CC[C@H]2[C@@H]3CCC4=CC(=O)C=C[C@]4(C)[C@H]3C(=O)C[C@@]21C. The summed E-state index contributed by atoms with van der Waals surface area (Å²) in [7, 11) is 0. The summed E-state index contributed by atoms with van der Waals surface area (Å²) < 4.78 is 21.0. The molecule has 0 radical (unpaired) electrons. The van der Waals surface area contributed by atoms with Crippen LogP contribution in [0.1, 0.15) is 66.7 Å². The number of ketones is 3. The molecule has 6 atom stereocenters. The number of carbonyl (C=O) groups is 5. The van der Waals surface area contributed by atoms with Gasteiger partial charge in [-0.3, -0.25) is 14.4 Å². The Morgan fingerprint density at radius 3 is 2.47 bits per heavy atom. The summed E-state index contributed by atoms with van der Waals surface area (Å²) >= 11 is 0. The Morgan fingerprint density at radius 1 is 1.05 bits per heavy atom. The van der Waals surface area contributed by atoms with Crippen molar-refractivity contribution in [3.63, 3.8) is 0 Å². The lowest BCUT2D eigenvalue weighted by Crippen LogP contribution is -2.62. The van der Waals surface area contributed by atoms with Crippen LogP contribution in [0, 0.1) is 34.5 Å². The zero-order valence-corrected chi connectivity index (χ0v) is 22.9. The Bertz CT molecular complexity index is 1090. The van der Waals surface area contributed by atoms with Crippen LogP contribution in [-0.2, 0) is 33.3 Å². The van der Waals surface area contributed by atoms with E-state index in [9.17, 15) is 24.0 Å². The van der Waals surface area contributed by atoms with E-state index in [2.05, 4.69) is 0 Å². The number of Topliss-reactive ketones (excluding diaryl/α,β-unsaturated/α-hetero) is 2. The summed E-state index contributed by atoms with van der Waals surface area (Å²) in [6.07, 6.45) is 5.23. The van der Waals surface area contributed by atoms with Gasteiger partial charge in [0, 0.05) is 23.2 Å². The van der Waals surface area contributed by atoms with Gasteiger partial charge < -0.3 is 18.9 Å². The third-order valence-corrected chi connectivity index (χ3v) is 9.20. The molecule has 0 heterocycles. The second-order valence-electron chi connectivity index (χ2n) is 11.9. The van der Waals surface area contributed by atoms with Gasteiger partial charge in [-0.25, -0.2) is 9.59 Å². The molecule has 208 valence electrons. The number of hydrogen-bond acceptors (Lipinski definition) is 9. The molecule has 0 bridgehead atoms. The fourth-order valence-electron chi connectivity index (χ4n) is 7.51. The molecule has 9 heteroatoms. The van der Waals surface area contributed by atoms with Crippen molar-refractivity contribution in [3.05, 3.63) is 23.8 Å². The predicted molar refractivity (Wildman–Crippen MR) is 135 cm³/mol. The van der Waals surface area contributed by atoms with Crippen molar-refractivity contribution in [2.45, 2.75) is 72.3 Å². The third-order valence-electron chi connectivity index (χ3n) is 9.20. The number of ether oxygens (including phenoxy) is 4. The van der Waals surface area contributed by atoms with Gasteiger partial charge in [0.2, 0.25) is 5.78 Å². The van der Waals surface area contributed by atoms with Crippen molar-refractivity contribution in [2.24, 2.45) is 34.5 Å². The highest BCUT2D eigenvalue weighted by Crippen LogP contribution is 2.67. The highest BCUT2D eigenvalue weighted by Gasteiger charge is 2.70. The van der Waals surface area contributed by atoms with E-state index >= 15 is 0 Å². The molecule has 0 spiro atoms. The smallest absolute Gasteiger partial charge is 0.435 e. The van der Waals surface area contributed by atoms with E-state index in [-0.39, 0.29) is 61.3 Å². The van der Waals surface area contributed by atoms with Gasteiger partial charge in [-0.05, 0) is 62.5 Å². The van der Waals surface area contributed by atoms with Gasteiger partial charge in [-0.15, -0.1) is 0 Å². The molecule has 0 aromatic rings. The lowest BCUT2D eigenvalue weighted by Gasteiger charge is -2.57. The van der Waals surface area contributed by atoms with E-state index in [4.69, 9.17) is 18.9 Å². The Balaban J connectivity index is 1.64. The third kappa shape index (κ3) is 4.58. The Hall–Kier alpha value is -2.97. The first-order valence-electron chi connectivity index (χ1n) is 13.5. The van der Waals surface area contributed by atoms with Crippen molar-refractivity contribution >= 4 is 29.7 Å². The zero-order chi connectivity index (χ0) is 27.9. The van der Waals surface area contributed by atoms with Gasteiger partial charge in [0.15, 0.2) is 18.0 Å². The summed E-state index contributed by atoms with van der Waals surface area (Å²) in [4.78, 5) is 64.4. The van der Waals surface area contributed by atoms with Crippen LogP contribution in [0.5, 0.6) is 0 Å². The molecule has 4 aliphatic rings. The molecule has 4 aliphatic carbocycles. The minimum absolute atomic E-state index is 0.0203. The van der Waals surface area contributed by atoms with Crippen LogP contribution in [-0.4, -0.2) is 55.1 Å². The van der Waals surface area contributed by atoms with Crippen LogP contribution >= 0.6 is 0 Å². The molecular formula is C29H38O9. The van der Waals surface area contributed by atoms with E-state index in [0.29, 0.717) is 19.3 Å². The fourth-order valence-corrected chi connectivity index (χ4v) is 7.51. The molecule has 0 aromatic heterocycles. The lowest BCUT2D eigenvalue weighted by molar-refractivity contribution is -0.173. The van der Waals surface area contributed by atoms with Gasteiger partial charge in [0.1, 0.15) is 5.78 Å². The monoisotopic (exact) mass is 530 g/mol. The average molecular weight is 531 g/mol. The molecule has 0 aliphatic heterocycles. The number of rotatable bonds is 7. The molecule has 4 rings (SSSR count). The quantitative estimate of drug-likeness (QED) is 0.429. The molecule has 3 saturated carbocycles. The minimum atomic E-state index is -1.68. The number of carbonyl (C=O) groups excluding carboxylic acids is 5. The van der Waals surface area contributed by atoms with Crippen molar-refractivity contribution < 1.29 is 42.9 Å². The van der Waals surface area contributed by atoms with Gasteiger partial charge in [0.25, 0.3) is 0 Å². The largest absolute Gasteiger partial charge is 0.509 e. The molecule has 0 amide bonds. The van der Waals surface area contributed by atoms with Crippen molar-refractivity contribution in [1.29, 1.82) is 0 Å². The molecule has 38 heavy (non-hydrogen) atoms. The normalized spacial score (nSPS) is 35.5. The number of hydrogen-bond donors (Lipinski definition) is 0. The predicted octanol–water partition coefficient (Wildman–Crippen LogP) is 4.76. The lowest BCUT2D eigenvalue weighted by atomic mass is 9.46. The van der Waals surface area contributed by atoms with Crippen molar-refractivity contribution in [1.82, 2.24) is 0 Å². The number of allylic oxidation sites excluding steroid dienone is 4. The Morgan fingerprint density at radius 2 is 1.79 bits per heavy atom. The second-order valence-corrected chi connectivity index (χ2v) is 11.9. The first-order valence-corrected chi connectivity index (χ1v) is 13.5. The Kier molecular flexibility index (Phi) is 7.60. The van der Waals surface area contributed by atoms with E-state index in [1.807, 2.05) is 33.8 Å². The maximum Gasteiger partial charge on any atom is 0.509 e. The molecular weight excluding hydrogens is 492 g/mol.